The van der Waals surface area contributed by atoms with Crippen LogP contribution in [-0.4, -0.2) is 38.7 Å². The van der Waals surface area contributed by atoms with Crippen LogP contribution in [-0.2, 0) is 11.3 Å². The normalized spacial score (nSPS) is 11.0. The van der Waals surface area contributed by atoms with E-state index in [1.807, 2.05) is 18.9 Å². The highest BCUT2D eigenvalue weighted by Gasteiger charge is 2.16. The van der Waals surface area contributed by atoms with Gasteiger partial charge in [0.25, 0.3) is 0 Å². The maximum Gasteiger partial charge on any atom is 0.350 e. The number of carbonyl (C=O) groups excluding carboxylic acids is 1. The molecule has 1 N–H and O–H groups in total. The van der Waals surface area contributed by atoms with Crippen LogP contribution in [0.15, 0.2) is 35.4 Å². The summed E-state index contributed by atoms with van der Waals surface area (Å²) in [6.45, 7) is 2.49. The topological polar surface area (TPSA) is 84.5 Å². The van der Waals surface area contributed by atoms with Gasteiger partial charge in [0.1, 0.15) is 12.4 Å². The second-order valence-corrected chi connectivity index (χ2v) is 6.39. The van der Waals surface area contributed by atoms with Crippen LogP contribution in [0.3, 0.4) is 0 Å². The number of fused-ring (bicyclic) bond motifs is 1. The van der Waals surface area contributed by atoms with Gasteiger partial charge in [-0.15, -0.1) is 5.10 Å². The largest absolute Gasteiger partial charge is 0.357 e. The third-order valence-electron chi connectivity index (χ3n) is 3.90. The molecule has 10 heteroatoms. The van der Waals surface area contributed by atoms with E-state index in [0.717, 1.165) is 23.7 Å². The van der Waals surface area contributed by atoms with Crippen molar-refractivity contribution in [2.45, 2.75) is 19.9 Å². The SMILES string of the molecule is CCCN(C)c1nccn2c(=O)n(CC(=O)Nc3ccc(F)c(Cl)c3)nc12. The van der Waals surface area contributed by atoms with Crippen molar-refractivity contribution in [3.05, 3.63) is 51.9 Å². The van der Waals surface area contributed by atoms with Crippen LogP contribution >= 0.6 is 11.6 Å². The van der Waals surface area contributed by atoms with Crippen molar-refractivity contribution in [3.63, 3.8) is 0 Å². The molecule has 142 valence electrons. The fourth-order valence-electron chi connectivity index (χ4n) is 2.66. The van der Waals surface area contributed by atoms with Gasteiger partial charge in [-0.1, -0.05) is 18.5 Å². The Bertz CT molecular complexity index is 1050. The third kappa shape index (κ3) is 3.92. The first-order valence-electron chi connectivity index (χ1n) is 8.31. The molecular formula is C17H18ClFN6O2. The predicted molar refractivity (Wildman–Crippen MR) is 101 cm³/mol. The number of nitrogens with zero attached hydrogens (tertiary/aromatic N) is 5. The summed E-state index contributed by atoms with van der Waals surface area (Å²) in [7, 11) is 1.86. The van der Waals surface area contributed by atoms with Crippen molar-refractivity contribution in [1.82, 2.24) is 19.2 Å². The van der Waals surface area contributed by atoms with Crippen molar-refractivity contribution in [3.8, 4) is 0 Å². The van der Waals surface area contributed by atoms with Crippen molar-refractivity contribution < 1.29 is 9.18 Å². The molecule has 1 amide bonds. The van der Waals surface area contributed by atoms with Gasteiger partial charge in [0.05, 0.1) is 5.02 Å². The van der Waals surface area contributed by atoms with E-state index in [1.54, 1.807) is 0 Å². The van der Waals surface area contributed by atoms with Crippen molar-refractivity contribution in [2.24, 2.45) is 0 Å². The van der Waals surface area contributed by atoms with Crippen LogP contribution in [0.25, 0.3) is 5.65 Å². The number of benzene rings is 1. The van der Waals surface area contributed by atoms with Crippen LogP contribution in [0.5, 0.6) is 0 Å². The van der Waals surface area contributed by atoms with Crippen LogP contribution in [0.1, 0.15) is 13.3 Å². The summed E-state index contributed by atoms with van der Waals surface area (Å²) in [4.78, 5) is 30.9. The van der Waals surface area contributed by atoms with E-state index in [2.05, 4.69) is 15.4 Å². The monoisotopic (exact) mass is 392 g/mol. The summed E-state index contributed by atoms with van der Waals surface area (Å²) in [5, 5.41) is 6.70. The Morgan fingerprint density at radius 2 is 2.19 bits per heavy atom. The van der Waals surface area contributed by atoms with Crippen LogP contribution in [0.2, 0.25) is 5.02 Å². The van der Waals surface area contributed by atoms with E-state index in [-0.39, 0.29) is 11.6 Å². The molecule has 0 fully saturated rings. The minimum atomic E-state index is -0.581. The lowest BCUT2D eigenvalue weighted by Gasteiger charge is -2.16. The molecule has 2 aromatic heterocycles. The molecule has 2 heterocycles. The maximum absolute atomic E-state index is 13.2. The fourth-order valence-corrected chi connectivity index (χ4v) is 2.84. The average molecular weight is 393 g/mol. The Balaban J connectivity index is 1.85. The Hall–Kier alpha value is -2.94. The van der Waals surface area contributed by atoms with Gasteiger partial charge in [0.15, 0.2) is 5.82 Å². The van der Waals surface area contributed by atoms with E-state index in [1.165, 1.54) is 28.9 Å². The zero-order valence-electron chi connectivity index (χ0n) is 14.8. The van der Waals surface area contributed by atoms with Crippen LogP contribution < -0.4 is 15.9 Å². The third-order valence-corrected chi connectivity index (χ3v) is 4.19. The Kier molecular flexibility index (Phi) is 5.41. The summed E-state index contributed by atoms with van der Waals surface area (Å²) in [5.74, 6) is -0.511. The molecule has 1 aromatic carbocycles. The first-order chi connectivity index (χ1) is 12.9. The van der Waals surface area contributed by atoms with Gasteiger partial charge >= 0.3 is 5.69 Å². The molecule has 0 aliphatic carbocycles. The molecule has 27 heavy (non-hydrogen) atoms. The molecule has 3 aromatic rings. The molecule has 0 spiro atoms. The molecule has 0 aliphatic heterocycles. The number of halogens is 2. The zero-order chi connectivity index (χ0) is 19.6. The molecule has 8 nitrogen and oxygen atoms in total. The molecule has 0 unspecified atom stereocenters. The van der Waals surface area contributed by atoms with Gasteiger partial charge in [-0.2, -0.15) is 0 Å². The number of amides is 1. The summed E-state index contributed by atoms with van der Waals surface area (Å²) in [5.41, 5.74) is 0.246. The van der Waals surface area contributed by atoms with E-state index >= 15 is 0 Å². The smallest absolute Gasteiger partial charge is 0.350 e. The number of carbonyl (C=O) groups is 1. The van der Waals surface area contributed by atoms with Crippen molar-refractivity contribution in [2.75, 3.05) is 23.8 Å². The molecule has 0 atom stereocenters. The van der Waals surface area contributed by atoms with E-state index in [0.29, 0.717) is 17.2 Å². The van der Waals surface area contributed by atoms with E-state index < -0.39 is 17.4 Å². The molecule has 0 saturated heterocycles. The number of hydrogen-bond acceptors (Lipinski definition) is 5. The standard InChI is InChI=1S/C17H18ClFN6O2/c1-3-7-23(2)15-16-22-25(17(27)24(16)8-6-20-15)10-14(26)21-11-4-5-13(19)12(18)9-11/h4-6,8-9H,3,7,10H2,1-2H3,(H,21,26). The Morgan fingerprint density at radius 3 is 2.89 bits per heavy atom. The first-order valence-corrected chi connectivity index (χ1v) is 8.68. The summed E-state index contributed by atoms with van der Waals surface area (Å²) in [6.07, 6.45) is 3.93. The van der Waals surface area contributed by atoms with E-state index in [9.17, 15) is 14.0 Å². The average Bonchev–Trinajstić information content (AvgIpc) is 2.94. The number of aromatic nitrogens is 4. The van der Waals surface area contributed by atoms with E-state index in [4.69, 9.17) is 11.6 Å². The number of nitrogens with one attached hydrogen (secondary N) is 1. The number of anilines is 2. The van der Waals surface area contributed by atoms with Gasteiger partial charge < -0.3 is 10.2 Å². The number of rotatable bonds is 6. The molecule has 3 rings (SSSR count). The van der Waals surface area contributed by atoms with Gasteiger partial charge in [0.2, 0.25) is 11.6 Å². The highest BCUT2D eigenvalue weighted by atomic mass is 35.5. The molecule has 0 aliphatic rings. The second-order valence-electron chi connectivity index (χ2n) is 5.98. The molecule has 0 radical (unpaired) electrons. The molecule has 0 saturated carbocycles. The van der Waals surface area contributed by atoms with Crippen LogP contribution in [0, 0.1) is 5.82 Å². The minimum Gasteiger partial charge on any atom is -0.357 e. The molecule has 0 bridgehead atoms. The highest BCUT2D eigenvalue weighted by molar-refractivity contribution is 6.31. The van der Waals surface area contributed by atoms with Gasteiger partial charge in [0, 0.05) is 31.7 Å². The van der Waals surface area contributed by atoms with Crippen molar-refractivity contribution >= 4 is 34.7 Å². The van der Waals surface area contributed by atoms with Crippen LogP contribution in [0.4, 0.5) is 15.9 Å². The summed E-state index contributed by atoms with van der Waals surface area (Å²) in [6, 6.07) is 3.83. The fraction of sp³-hybridized carbons (Fsp3) is 0.294. The minimum absolute atomic E-state index is 0.104. The lowest BCUT2D eigenvalue weighted by atomic mass is 10.3. The Morgan fingerprint density at radius 1 is 1.41 bits per heavy atom. The maximum atomic E-state index is 13.2. The predicted octanol–water partition coefficient (Wildman–Crippen LogP) is 2.17. The Labute approximate surface area is 159 Å². The summed E-state index contributed by atoms with van der Waals surface area (Å²) < 4.78 is 15.6. The lowest BCUT2D eigenvalue weighted by Crippen LogP contribution is -2.28. The second kappa shape index (κ2) is 7.75. The first kappa shape index (κ1) is 18.8. The van der Waals surface area contributed by atoms with Gasteiger partial charge in [-0.3, -0.25) is 4.79 Å². The summed E-state index contributed by atoms with van der Waals surface area (Å²) >= 11 is 5.70. The van der Waals surface area contributed by atoms with Gasteiger partial charge in [-0.05, 0) is 24.6 Å². The zero-order valence-corrected chi connectivity index (χ0v) is 15.6. The highest BCUT2D eigenvalue weighted by Crippen LogP contribution is 2.19. The lowest BCUT2D eigenvalue weighted by molar-refractivity contribution is -0.117. The molecular weight excluding hydrogens is 375 g/mol. The number of hydrogen-bond donors (Lipinski definition) is 1. The van der Waals surface area contributed by atoms with Gasteiger partial charge in [-0.25, -0.2) is 23.3 Å². The van der Waals surface area contributed by atoms with Crippen molar-refractivity contribution in [1.29, 1.82) is 0 Å². The quantitative estimate of drug-likeness (QED) is 0.695.